The Morgan fingerprint density at radius 3 is 2.60 bits per heavy atom. The van der Waals surface area contributed by atoms with Crippen LogP contribution in [0, 0.1) is 0 Å². The van der Waals surface area contributed by atoms with Crippen LogP contribution in [0.5, 0.6) is 0 Å². The predicted molar refractivity (Wildman–Crippen MR) is 72.1 cm³/mol. The van der Waals surface area contributed by atoms with Crippen molar-refractivity contribution in [2.45, 2.75) is 12.5 Å². The number of hydrogen-bond donors (Lipinski definition) is 2. The van der Waals surface area contributed by atoms with E-state index < -0.39 is 34.7 Å². The van der Waals surface area contributed by atoms with Crippen molar-refractivity contribution in [1.29, 1.82) is 0 Å². The van der Waals surface area contributed by atoms with Crippen LogP contribution in [0.1, 0.15) is 6.23 Å². The summed E-state index contributed by atoms with van der Waals surface area (Å²) in [5, 5.41) is 8.77. The summed E-state index contributed by atoms with van der Waals surface area (Å²) in [6.07, 6.45) is 0.250. The second-order valence-electron chi connectivity index (χ2n) is 3.12. The second kappa shape index (κ2) is 11.4. The van der Waals surface area contributed by atoms with E-state index in [0.717, 1.165) is 0 Å². The van der Waals surface area contributed by atoms with Gasteiger partial charge in [-0.15, -0.1) is 0 Å². The Morgan fingerprint density at radius 2 is 2.15 bits per heavy atom. The van der Waals surface area contributed by atoms with Crippen LogP contribution < -0.4 is 11.4 Å². The Bertz CT molecular complexity index is 438. The van der Waals surface area contributed by atoms with E-state index in [9.17, 15) is 4.79 Å². The van der Waals surface area contributed by atoms with Crippen molar-refractivity contribution in [1.82, 2.24) is 9.55 Å². The molecule has 0 unspecified atom stereocenters. The molecule has 20 heavy (non-hydrogen) atoms. The van der Waals surface area contributed by atoms with Gasteiger partial charge in [0, 0.05) is 6.20 Å². The number of nitrogen functional groups attached to an aromatic ring is 1. The van der Waals surface area contributed by atoms with Crippen molar-refractivity contribution in [3.05, 3.63) is 35.0 Å². The molecule has 2 rings (SSSR count). The fourth-order valence-corrected chi connectivity index (χ4v) is 1.33. The standard InChI is InChI=1S/C8H11N3O4.2ClH.2H2N.Pt/c9-5-1-2-11(8(13)10-5)6-4-14-7(3-12)15-6;;;;;/h1-2,6-7,12H,3-4H2,(H2,9,10,13);2*1H;2*1H2;/q;;;2*-1;+4/p-2/t6-,7-;;;;;/m0...../s1. The topological polar surface area (TPSA) is 167 Å². The Hall–Kier alpha value is -0.252. The molecule has 2 atom stereocenters. The van der Waals surface area contributed by atoms with Crippen molar-refractivity contribution >= 4 is 24.7 Å². The summed E-state index contributed by atoms with van der Waals surface area (Å²) < 4.78 is 11.6. The molecule has 1 aliphatic rings. The molecule has 1 aromatic rings. The average Bonchev–Trinajstić information content (AvgIpc) is 2.78. The monoisotopic (exact) mass is 510 g/mol. The molecule has 1 aliphatic heterocycles. The molecule has 0 bridgehead atoms. The summed E-state index contributed by atoms with van der Waals surface area (Å²) in [4.78, 5) is 15.0. The number of nitrogens with zero attached hydrogens (tertiary/aromatic N) is 2. The van der Waals surface area contributed by atoms with E-state index >= 15 is 0 Å². The zero-order valence-electron chi connectivity index (χ0n) is 10.1. The molecule has 0 amide bonds. The van der Waals surface area contributed by atoms with E-state index in [4.69, 9.17) is 39.2 Å². The number of hydrogen-bond acceptors (Lipinski definition) is 6. The van der Waals surface area contributed by atoms with Crippen molar-refractivity contribution in [3.63, 3.8) is 0 Å². The maximum atomic E-state index is 11.4. The molecule has 0 radical (unpaired) electrons. The minimum absolute atomic E-state index is 0. The van der Waals surface area contributed by atoms with Gasteiger partial charge in [0.25, 0.3) is 0 Å². The summed E-state index contributed by atoms with van der Waals surface area (Å²) in [6.45, 7) is -0.0373. The number of aromatic nitrogens is 2. The molecule has 0 aliphatic carbocycles. The molecule has 12 heteroatoms. The molecule has 1 fully saturated rings. The normalized spacial score (nSPS) is 20.4. The first kappa shape index (κ1) is 22.0. The summed E-state index contributed by atoms with van der Waals surface area (Å²) >= 11 is -0.472. The summed E-state index contributed by atoms with van der Waals surface area (Å²) in [5.41, 5.74) is 4.85. The molecular weight excluding hydrogens is 496 g/mol. The zero-order chi connectivity index (χ0) is 13.5. The first-order valence-electron chi connectivity index (χ1n) is 4.67. The van der Waals surface area contributed by atoms with Gasteiger partial charge in [-0.1, -0.05) is 0 Å². The number of nitrogens with two attached hydrogens (primary N) is 3. The van der Waals surface area contributed by atoms with E-state index in [-0.39, 0.29) is 31.3 Å². The van der Waals surface area contributed by atoms with Crippen LogP contribution in [0.3, 0.4) is 0 Å². The van der Waals surface area contributed by atoms with Crippen LogP contribution >= 0.6 is 18.8 Å². The van der Waals surface area contributed by atoms with Gasteiger partial charge in [0.1, 0.15) is 5.82 Å². The third-order valence-electron chi connectivity index (χ3n) is 2.04. The largest absolute Gasteiger partial charge is 0.693 e. The van der Waals surface area contributed by atoms with Gasteiger partial charge < -0.3 is 32.6 Å². The Labute approximate surface area is 131 Å². The Balaban J connectivity index is 0. The number of ether oxygens (including phenoxy) is 2. The van der Waals surface area contributed by atoms with Gasteiger partial charge >= 0.3 is 41.0 Å². The first-order chi connectivity index (χ1) is 8.62. The van der Waals surface area contributed by atoms with E-state index in [1.165, 1.54) is 16.8 Å². The fourth-order valence-electron chi connectivity index (χ4n) is 1.33. The van der Waals surface area contributed by atoms with E-state index in [0.29, 0.717) is 0 Å². The summed E-state index contributed by atoms with van der Waals surface area (Å²) in [7, 11) is 9.75. The predicted octanol–water partition coefficient (Wildman–Crippen LogP) is 1.50. The van der Waals surface area contributed by atoms with E-state index in [1.54, 1.807) is 0 Å². The third-order valence-corrected chi connectivity index (χ3v) is 2.04. The number of halogens is 2. The van der Waals surface area contributed by atoms with Crippen molar-refractivity contribution in [3.8, 4) is 0 Å². The molecule has 1 saturated heterocycles. The number of rotatable bonds is 2. The quantitative estimate of drug-likeness (QED) is 0.611. The zero-order valence-corrected chi connectivity index (χ0v) is 13.9. The summed E-state index contributed by atoms with van der Waals surface area (Å²) in [5.74, 6) is 0.161. The fraction of sp³-hybridized carbons (Fsp3) is 0.500. The molecule has 0 aromatic carbocycles. The number of aliphatic hydroxyl groups is 1. The molecule has 0 spiro atoms. The molecule has 2 heterocycles. The van der Waals surface area contributed by atoms with Crippen LogP contribution in [-0.4, -0.2) is 34.2 Å². The van der Waals surface area contributed by atoms with Crippen LogP contribution in [0.15, 0.2) is 17.1 Å². The maximum absolute atomic E-state index is 11.4. The molecule has 7 N–H and O–H groups in total. The smallest absolute Gasteiger partial charge is 0.693 e. The van der Waals surface area contributed by atoms with Gasteiger partial charge in [-0.25, -0.2) is 4.79 Å². The number of aliphatic hydroxyl groups excluding tert-OH is 1. The molecule has 9 nitrogen and oxygen atoms in total. The van der Waals surface area contributed by atoms with E-state index in [1.807, 2.05) is 0 Å². The molecule has 0 saturated carbocycles. The van der Waals surface area contributed by atoms with E-state index in [2.05, 4.69) is 4.98 Å². The number of anilines is 1. The molecule has 1 aromatic heterocycles. The van der Waals surface area contributed by atoms with Crippen LogP contribution in [0.25, 0.3) is 12.3 Å². The van der Waals surface area contributed by atoms with Crippen molar-refractivity contribution < 1.29 is 31.1 Å². The van der Waals surface area contributed by atoms with Gasteiger partial charge in [-0.2, -0.15) is 4.98 Å². The SMILES string of the molecule is Nc1ccn([C@@H]2CO[C@H](CO)O2)c(=O)n1.[Cl][Pt+2][Cl].[NH2-].[NH2-]. The Morgan fingerprint density at radius 1 is 1.55 bits per heavy atom. The Kier molecular flexibility index (Phi) is 12.6. The van der Waals surface area contributed by atoms with Crippen LogP contribution in [-0.2, 0) is 26.0 Å². The minimum atomic E-state index is -0.681. The van der Waals surface area contributed by atoms with Gasteiger partial charge in [-0.05, 0) is 6.07 Å². The summed E-state index contributed by atoms with van der Waals surface area (Å²) in [6, 6.07) is 1.50. The van der Waals surface area contributed by atoms with Crippen molar-refractivity contribution in [2.75, 3.05) is 18.9 Å². The van der Waals surface area contributed by atoms with Gasteiger partial charge in [0.05, 0.1) is 13.2 Å². The average molecular weight is 511 g/mol. The maximum Gasteiger partial charge on any atom is -0.693 e. The molecule has 120 valence electrons. The molecular formula is C8H15Cl2N5O4Pt. The van der Waals surface area contributed by atoms with Crippen LogP contribution in [0.2, 0.25) is 0 Å². The van der Waals surface area contributed by atoms with Gasteiger partial charge in [0.2, 0.25) is 0 Å². The third kappa shape index (κ3) is 6.47. The van der Waals surface area contributed by atoms with Gasteiger partial charge in [-0.3, -0.25) is 4.57 Å². The van der Waals surface area contributed by atoms with Crippen LogP contribution in [0.4, 0.5) is 5.82 Å². The van der Waals surface area contributed by atoms with Gasteiger partial charge in [0.15, 0.2) is 12.5 Å². The first-order valence-corrected chi connectivity index (χ1v) is 10.3. The van der Waals surface area contributed by atoms with Crippen molar-refractivity contribution in [2.24, 2.45) is 0 Å². The minimum Gasteiger partial charge on any atom is -0.693 e. The second-order valence-corrected chi connectivity index (χ2v) is 6.41.